The number of nitrogens with zero attached hydrogens (tertiary/aromatic N) is 3. The molecule has 162 valence electrons. The van der Waals surface area contributed by atoms with Gasteiger partial charge < -0.3 is 30.4 Å². The Hall–Kier alpha value is -3.83. The molecule has 4 amide bonds. The highest BCUT2D eigenvalue weighted by atomic mass is 16.7. The van der Waals surface area contributed by atoms with Crippen molar-refractivity contribution in [1.29, 1.82) is 0 Å². The van der Waals surface area contributed by atoms with Gasteiger partial charge in [0.1, 0.15) is 6.04 Å². The summed E-state index contributed by atoms with van der Waals surface area (Å²) >= 11 is 0. The number of hydrazone groups is 1. The number of carbonyl (C=O) groups excluding carboxylic acids is 3. The molecular weight excluding hydrogens is 396 g/mol. The number of amides is 4. The maximum atomic E-state index is 12.5. The van der Waals surface area contributed by atoms with E-state index in [9.17, 15) is 19.2 Å². The fourth-order valence-electron chi connectivity index (χ4n) is 2.56. The van der Waals surface area contributed by atoms with Crippen LogP contribution in [0.5, 0.6) is 0 Å². The predicted octanol–water partition coefficient (Wildman–Crippen LogP) is 0.103. The van der Waals surface area contributed by atoms with Gasteiger partial charge in [-0.25, -0.2) is 9.59 Å². The van der Waals surface area contributed by atoms with Crippen LogP contribution in [0.25, 0.3) is 0 Å². The van der Waals surface area contributed by atoms with Gasteiger partial charge in [0.2, 0.25) is 5.91 Å². The second kappa shape index (κ2) is 10.6. The van der Waals surface area contributed by atoms with Crippen LogP contribution in [-0.4, -0.2) is 73.4 Å². The molecule has 0 aliphatic carbocycles. The first kappa shape index (κ1) is 22.5. The second-order valence-corrected chi connectivity index (χ2v) is 6.58. The van der Waals surface area contributed by atoms with Crippen LogP contribution in [0.1, 0.15) is 18.4 Å². The lowest BCUT2D eigenvalue weighted by atomic mass is 10.2. The van der Waals surface area contributed by atoms with Gasteiger partial charge in [-0.05, 0) is 24.1 Å². The normalized spacial score (nSPS) is 15.7. The first-order valence-electron chi connectivity index (χ1n) is 9.11. The summed E-state index contributed by atoms with van der Waals surface area (Å²) < 4.78 is 0. The number of carboxylic acid groups (broad SMARTS) is 1. The minimum Gasteiger partial charge on any atom is -0.481 e. The van der Waals surface area contributed by atoms with Gasteiger partial charge in [0.15, 0.2) is 0 Å². The molecule has 0 saturated carbocycles. The van der Waals surface area contributed by atoms with E-state index in [2.05, 4.69) is 26.2 Å². The number of aliphatic carboxylic acids is 1. The number of benzene rings is 1. The van der Waals surface area contributed by atoms with Crippen LogP contribution >= 0.6 is 0 Å². The molecule has 1 fully saturated rings. The third-order valence-corrected chi connectivity index (χ3v) is 4.10. The van der Waals surface area contributed by atoms with E-state index in [1.807, 2.05) is 0 Å². The molecule has 1 saturated heterocycles. The summed E-state index contributed by atoms with van der Waals surface area (Å²) in [6.07, 6.45) is 1.11. The molecule has 0 spiro atoms. The lowest BCUT2D eigenvalue weighted by molar-refractivity contribution is -0.136. The highest BCUT2D eigenvalue weighted by Crippen LogP contribution is 2.21. The summed E-state index contributed by atoms with van der Waals surface area (Å²) in [5.41, 5.74) is 3.55. The van der Waals surface area contributed by atoms with Crippen molar-refractivity contribution >= 4 is 35.9 Å². The lowest BCUT2D eigenvalue weighted by Crippen LogP contribution is -2.46. The number of nitrogens with one attached hydrogen (secondary N) is 3. The van der Waals surface area contributed by atoms with Crippen molar-refractivity contribution in [2.24, 2.45) is 5.10 Å². The number of anilines is 1. The summed E-state index contributed by atoms with van der Waals surface area (Å²) in [5.74, 6) is -1.26. The summed E-state index contributed by atoms with van der Waals surface area (Å²) in [6.45, 7) is 0.423. The van der Waals surface area contributed by atoms with Crippen molar-refractivity contribution in [1.82, 2.24) is 21.1 Å². The number of rotatable bonds is 8. The monoisotopic (exact) mass is 420 g/mol. The van der Waals surface area contributed by atoms with Gasteiger partial charge in [0.05, 0.1) is 12.6 Å². The van der Waals surface area contributed by atoms with Crippen molar-refractivity contribution in [2.75, 3.05) is 32.1 Å². The predicted molar refractivity (Wildman–Crippen MR) is 107 cm³/mol. The van der Waals surface area contributed by atoms with Crippen LogP contribution in [-0.2, 0) is 14.4 Å². The molecule has 1 heterocycles. The average molecular weight is 420 g/mol. The van der Waals surface area contributed by atoms with Crippen LogP contribution in [0, 0.1) is 0 Å². The highest BCUT2D eigenvalue weighted by Gasteiger charge is 2.33. The van der Waals surface area contributed by atoms with E-state index in [1.165, 1.54) is 25.2 Å². The first-order valence-corrected chi connectivity index (χ1v) is 9.11. The standard InChI is InChI=1S/C18H24N6O6/c1-23(2)18(29)30-22-20-11-12-3-5-13(6-4-12)24-10-8-14(16(24)27)21-17(28)19-9-7-15(25)26/h3-6,11,14,22H,7-10H2,1-2H3,(H,25,26)(H2,19,21,28)/t14-/m0/s1. The van der Waals surface area contributed by atoms with Crippen LogP contribution in [0.3, 0.4) is 0 Å². The van der Waals surface area contributed by atoms with Gasteiger partial charge in [-0.2, -0.15) is 5.10 Å². The van der Waals surface area contributed by atoms with Gasteiger partial charge in [-0.15, -0.1) is 5.59 Å². The third kappa shape index (κ3) is 6.65. The number of carboxylic acids is 1. The molecule has 0 radical (unpaired) electrons. The van der Waals surface area contributed by atoms with E-state index < -0.39 is 24.1 Å². The molecule has 0 unspecified atom stereocenters. The van der Waals surface area contributed by atoms with Gasteiger partial charge in [-0.1, -0.05) is 12.1 Å². The Morgan fingerprint density at radius 2 is 2.00 bits per heavy atom. The molecule has 30 heavy (non-hydrogen) atoms. The highest BCUT2D eigenvalue weighted by molar-refractivity contribution is 6.01. The molecule has 1 aromatic rings. The minimum absolute atomic E-state index is 0.0159. The summed E-state index contributed by atoms with van der Waals surface area (Å²) in [5, 5.41) is 17.3. The van der Waals surface area contributed by atoms with Crippen molar-refractivity contribution in [3.63, 3.8) is 0 Å². The number of hydrogen-bond donors (Lipinski definition) is 4. The Morgan fingerprint density at radius 3 is 2.63 bits per heavy atom. The molecule has 1 aliphatic heterocycles. The zero-order valence-corrected chi connectivity index (χ0v) is 16.6. The van der Waals surface area contributed by atoms with Crippen LogP contribution in [0.2, 0.25) is 0 Å². The fraction of sp³-hybridized carbons (Fsp3) is 0.389. The Labute approximate surface area is 172 Å². The Kier molecular flexibility index (Phi) is 7.97. The van der Waals surface area contributed by atoms with E-state index in [0.717, 1.165) is 0 Å². The molecular formula is C18H24N6O6. The Bertz CT molecular complexity index is 810. The maximum Gasteiger partial charge on any atom is 0.434 e. The average Bonchev–Trinajstić information content (AvgIpc) is 3.05. The fourth-order valence-corrected chi connectivity index (χ4v) is 2.56. The third-order valence-electron chi connectivity index (χ3n) is 4.10. The summed E-state index contributed by atoms with van der Waals surface area (Å²) in [7, 11) is 3.08. The molecule has 1 aromatic carbocycles. The van der Waals surface area contributed by atoms with Crippen LogP contribution < -0.4 is 21.1 Å². The molecule has 0 aromatic heterocycles. The summed E-state index contributed by atoms with van der Waals surface area (Å²) in [4.78, 5) is 53.4. The van der Waals surface area contributed by atoms with Gasteiger partial charge in [0.25, 0.3) is 0 Å². The minimum atomic E-state index is -1.02. The number of hydrogen-bond acceptors (Lipinski definition) is 7. The topological polar surface area (TPSA) is 153 Å². The van der Waals surface area contributed by atoms with Crippen molar-refractivity contribution in [3.05, 3.63) is 29.8 Å². The van der Waals surface area contributed by atoms with Crippen LogP contribution in [0.4, 0.5) is 15.3 Å². The number of carbonyl (C=O) groups is 4. The maximum absolute atomic E-state index is 12.5. The zero-order valence-electron chi connectivity index (χ0n) is 16.6. The molecule has 0 bridgehead atoms. The van der Waals surface area contributed by atoms with E-state index in [-0.39, 0.29) is 18.9 Å². The molecule has 12 nitrogen and oxygen atoms in total. The molecule has 12 heteroatoms. The molecule has 1 aliphatic rings. The Morgan fingerprint density at radius 1 is 1.30 bits per heavy atom. The van der Waals surface area contributed by atoms with Gasteiger partial charge >= 0.3 is 18.1 Å². The van der Waals surface area contributed by atoms with E-state index in [1.54, 1.807) is 29.2 Å². The van der Waals surface area contributed by atoms with Crippen molar-refractivity contribution < 1.29 is 29.1 Å². The lowest BCUT2D eigenvalue weighted by Gasteiger charge is -2.17. The van der Waals surface area contributed by atoms with E-state index in [4.69, 9.17) is 5.11 Å². The van der Waals surface area contributed by atoms with E-state index >= 15 is 0 Å². The van der Waals surface area contributed by atoms with Gasteiger partial charge in [0, 0.05) is 32.9 Å². The molecule has 4 N–H and O–H groups in total. The SMILES string of the molecule is CN(C)C(=O)ONN=Cc1ccc(N2CC[C@H](NC(=O)NCCC(=O)O)C2=O)cc1. The van der Waals surface area contributed by atoms with Crippen molar-refractivity contribution in [3.8, 4) is 0 Å². The van der Waals surface area contributed by atoms with Gasteiger partial charge in [-0.3, -0.25) is 9.59 Å². The molecule has 2 rings (SSSR count). The van der Waals surface area contributed by atoms with Crippen LogP contribution in [0.15, 0.2) is 29.4 Å². The number of urea groups is 1. The largest absolute Gasteiger partial charge is 0.481 e. The zero-order chi connectivity index (χ0) is 22.1. The van der Waals surface area contributed by atoms with E-state index in [0.29, 0.717) is 24.2 Å². The first-order chi connectivity index (χ1) is 14.3. The quantitative estimate of drug-likeness (QED) is 0.344. The Balaban J connectivity index is 1.83. The second-order valence-electron chi connectivity index (χ2n) is 6.58. The summed E-state index contributed by atoms with van der Waals surface area (Å²) in [6, 6.07) is 5.69. The molecule has 1 atom stereocenters. The van der Waals surface area contributed by atoms with Crippen molar-refractivity contribution in [2.45, 2.75) is 18.9 Å². The smallest absolute Gasteiger partial charge is 0.434 e.